The Hall–Kier alpha value is -3.41. The fraction of sp³-hybridized carbons (Fsp3) is 0.150. The number of aromatic nitrogens is 2. The van der Waals surface area contributed by atoms with Crippen molar-refractivity contribution in [1.29, 1.82) is 0 Å². The number of nitrogens with zero attached hydrogens (tertiary/aromatic N) is 2. The van der Waals surface area contributed by atoms with E-state index < -0.39 is 0 Å². The molecule has 0 spiro atoms. The topological polar surface area (TPSA) is 75.5 Å². The molecule has 6 heteroatoms. The van der Waals surface area contributed by atoms with Gasteiger partial charge in [0.05, 0.1) is 5.52 Å². The van der Waals surface area contributed by atoms with E-state index in [1.54, 1.807) is 34.9 Å². The van der Waals surface area contributed by atoms with E-state index in [9.17, 15) is 9.59 Å². The number of carbonyl (C=O) groups excluding carboxylic acids is 2. The van der Waals surface area contributed by atoms with Gasteiger partial charge in [-0.15, -0.1) is 6.58 Å². The van der Waals surface area contributed by atoms with Gasteiger partial charge in [-0.2, -0.15) is 0 Å². The SMILES string of the molecule is C=CCNC(=O)c1nc(C(=O)NCc2cccc(C)c2)n2ccccc12. The van der Waals surface area contributed by atoms with Crippen molar-refractivity contribution < 1.29 is 9.59 Å². The summed E-state index contributed by atoms with van der Waals surface area (Å²) < 4.78 is 1.62. The molecule has 3 rings (SSSR count). The fourth-order valence-electron chi connectivity index (χ4n) is 2.70. The second-order valence-electron chi connectivity index (χ2n) is 5.91. The van der Waals surface area contributed by atoms with E-state index in [0.717, 1.165) is 11.1 Å². The first-order valence-electron chi connectivity index (χ1n) is 8.30. The summed E-state index contributed by atoms with van der Waals surface area (Å²) in [6.07, 6.45) is 3.31. The number of rotatable bonds is 6. The van der Waals surface area contributed by atoms with Crippen LogP contribution in [0, 0.1) is 6.92 Å². The van der Waals surface area contributed by atoms with Gasteiger partial charge in [0.25, 0.3) is 11.8 Å². The molecule has 0 aliphatic rings. The number of benzene rings is 1. The van der Waals surface area contributed by atoms with Gasteiger partial charge in [-0.3, -0.25) is 14.0 Å². The number of aryl methyl sites for hydroxylation is 1. The number of hydrogen-bond acceptors (Lipinski definition) is 3. The van der Waals surface area contributed by atoms with Crippen molar-refractivity contribution in [2.45, 2.75) is 13.5 Å². The van der Waals surface area contributed by atoms with Crippen LogP contribution in [0.4, 0.5) is 0 Å². The number of imidazole rings is 1. The first kappa shape index (κ1) is 17.4. The zero-order valence-corrected chi connectivity index (χ0v) is 14.5. The molecule has 0 radical (unpaired) electrons. The standard InChI is InChI=1S/C20H20N4O2/c1-3-10-21-19(25)17-16-9-4-5-11-24(16)18(23-17)20(26)22-13-15-8-6-7-14(2)12-15/h3-9,11-12H,1,10,13H2,2H3,(H,21,25)(H,22,26). The molecule has 0 unspecified atom stereocenters. The molecule has 0 saturated carbocycles. The van der Waals surface area contributed by atoms with Gasteiger partial charge in [-0.25, -0.2) is 4.98 Å². The molecule has 2 aromatic heterocycles. The lowest BCUT2D eigenvalue weighted by atomic mass is 10.1. The summed E-state index contributed by atoms with van der Waals surface area (Å²) in [7, 11) is 0. The van der Waals surface area contributed by atoms with Crippen molar-refractivity contribution in [1.82, 2.24) is 20.0 Å². The first-order chi connectivity index (χ1) is 12.6. The lowest BCUT2D eigenvalue weighted by molar-refractivity contribution is 0.0940. The van der Waals surface area contributed by atoms with Gasteiger partial charge in [-0.1, -0.05) is 42.0 Å². The average molecular weight is 348 g/mol. The third-order valence-corrected chi connectivity index (χ3v) is 3.91. The molecule has 0 atom stereocenters. The van der Waals surface area contributed by atoms with Gasteiger partial charge in [0.15, 0.2) is 5.69 Å². The summed E-state index contributed by atoms with van der Waals surface area (Å²) in [6, 6.07) is 13.3. The maximum atomic E-state index is 12.6. The Kier molecular flexibility index (Phi) is 5.12. The summed E-state index contributed by atoms with van der Waals surface area (Å²) in [4.78, 5) is 29.2. The number of nitrogens with one attached hydrogen (secondary N) is 2. The molecule has 132 valence electrons. The van der Waals surface area contributed by atoms with Crippen LogP contribution in [0.25, 0.3) is 5.52 Å². The third-order valence-electron chi connectivity index (χ3n) is 3.91. The Morgan fingerprint density at radius 2 is 2.00 bits per heavy atom. The smallest absolute Gasteiger partial charge is 0.287 e. The van der Waals surface area contributed by atoms with Crippen LogP contribution in [0.1, 0.15) is 32.2 Å². The minimum Gasteiger partial charge on any atom is -0.347 e. The van der Waals surface area contributed by atoms with E-state index in [0.29, 0.717) is 18.6 Å². The van der Waals surface area contributed by atoms with E-state index >= 15 is 0 Å². The Morgan fingerprint density at radius 1 is 1.15 bits per heavy atom. The van der Waals surface area contributed by atoms with Crippen LogP contribution in [-0.2, 0) is 6.54 Å². The monoisotopic (exact) mass is 348 g/mol. The van der Waals surface area contributed by atoms with Gasteiger partial charge in [0, 0.05) is 19.3 Å². The van der Waals surface area contributed by atoms with Crippen LogP contribution in [0.15, 0.2) is 61.3 Å². The third kappa shape index (κ3) is 3.64. The quantitative estimate of drug-likeness (QED) is 0.672. The van der Waals surface area contributed by atoms with Crippen LogP contribution in [0.3, 0.4) is 0 Å². The second kappa shape index (κ2) is 7.65. The molecule has 3 aromatic rings. The van der Waals surface area contributed by atoms with E-state index in [1.165, 1.54) is 0 Å². The number of pyridine rings is 1. The molecule has 0 aliphatic carbocycles. The number of amides is 2. The zero-order valence-electron chi connectivity index (χ0n) is 14.5. The van der Waals surface area contributed by atoms with E-state index in [-0.39, 0.29) is 23.3 Å². The molecule has 1 aromatic carbocycles. The summed E-state index contributed by atoms with van der Waals surface area (Å²) in [5, 5.41) is 5.55. The van der Waals surface area contributed by atoms with Crippen LogP contribution >= 0.6 is 0 Å². The van der Waals surface area contributed by atoms with Crippen molar-refractivity contribution in [3.8, 4) is 0 Å². The van der Waals surface area contributed by atoms with Crippen LogP contribution in [-0.4, -0.2) is 27.7 Å². The summed E-state index contributed by atoms with van der Waals surface area (Å²) >= 11 is 0. The predicted molar refractivity (Wildman–Crippen MR) is 100 cm³/mol. The number of carbonyl (C=O) groups is 2. The lowest BCUT2D eigenvalue weighted by Gasteiger charge is -2.05. The minimum atomic E-state index is -0.341. The molecule has 0 fully saturated rings. The van der Waals surface area contributed by atoms with Crippen molar-refractivity contribution in [3.05, 3.63) is 84.0 Å². The van der Waals surface area contributed by atoms with Gasteiger partial charge in [0.2, 0.25) is 5.82 Å². The van der Waals surface area contributed by atoms with Crippen molar-refractivity contribution >= 4 is 17.3 Å². The van der Waals surface area contributed by atoms with Crippen LogP contribution < -0.4 is 10.6 Å². The highest BCUT2D eigenvalue weighted by molar-refractivity contribution is 6.02. The largest absolute Gasteiger partial charge is 0.347 e. The number of fused-ring (bicyclic) bond motifs is 1. The summed E-state index contributed by atoms with van der Waals surface area (Å²) in [6.45, 7) is 6.30. The van der Waals surface area contributed by atoms with E-state index in [2.05, 4.69) is 22.2 Å². The normalized spacial score (nSPS) is 10.5. The molecule has 0 aliphatic heterocycles. The van der Waals surface area contributed by atoms with Crippen LogP contribution in [0.2, 0.25) is 0 Å². The van der Waals surface area contributed by atoms with E-state index in [4.69, 9.17) is 0 Å². The fourth-order valence-corrected chi connectivity index (χ4v) is 2.70. The molecule has 0 saturated heterocycles. The molecular weight excluding hydrogens is 328 g/mol. The molecule has 0 bridgehead atoms. The van der Waals surface area contributed by atoms with Crippen LogP contribution in [0.5, 0.6) is 0 Å². The summed E-state index contributed by atoms with van der Waals surface area (Å²) in [5.74, 6) is -0.501. The highest BCUT2D eigenvalue weighted by Crippen LogP contribution is 2.13. The minimum absolute atomic E-state index is 0.178. The molecule has 2 heterocycles. The Bertz CT molecular complexity index is 975. The first-order valence-corrected chi connectivity index (χ1v) is 8.30. The van der Waals surface area contributed by atoms with Gasteiger partial charge in [-0.05, 0) is 24.6 Å². The van der Waals surface area contributed by atoms with Crippen molar-refractivity contribution in [2.24, 2.45) is 0 Å². The molecular formula is C20H20N4O2. The predicted octanol–water partition coefficient (Wildman–Crippen LogP) is 2.49. The number of hydrogen-bond donors (Lipinski definition) is 2. The van der Waals surface area contributed by atoms with Gasteiger partial charge in [0.1, 0.15) is 0 Å². The van der Waals surface area contributed by atoms with E-state index in [1.807, 2.05) is 31.2 Å². The second-order valence-corrected chi connectivity index (χ2v) is 5.91. The van der Waals surface area contributed by atoms with Crippen molar-refractivity contribution in [3.63, 3.8) is 0 Å². The Morgan fingerprint density at radius 3 is 2.77 bits per heavy atom. The molecule has 6 nitrogen and oxygen atoms in total. The Balaban J connectivity index is 1.85. The Labute approximate surface area is 151 Å². The maximum Gasteiger partial charge on any atom is 0.287 e. The highest BCUT2D eigenvalue weighted by Gasteiger charge is 2.20. The van der Waals surface area contributed by atoms with Crippen molar-refractivity contribution in [2.75, 3.05) is 6.54 Å². The average Bonchev–Trinajstić information content (AvgIpc) is 3.04. The lowest BCUT2D eigenvalue weighted by Crippen LogP contribution is -2.26. The summed E-state index contributed by atoms with van der Waals surface area (Å²) in [5.41, 5.74) is 2.93. The molecule has 2 N–H and O–H groups in total. The highest BCUT2D eigenvalue weighted by atomic mass is 16.2. The maximum absolute atomic E-state index is 12.6. The van der Waals surface area contributed by atoms with Gasteiger partial charge < -0.3 is 10.6 Å². The zero-order chi connectivity index (χ0) is 18.5. The molecule has 2 amide bonds. The molecule has 26 heavy (non-hydrogen) atoms. The van der Waals surface area contributed by atoms with Gasteiger partial charge >= 0.3 is 0 Å².